The third-order valence-corrected chi connectivity index (χ3v) is 4.66. The Hall–Kier alpha value is -0.0800. The Labute approximate surface area is 107 Å². The molecule has 0 aromatic heterocycles. The number of nitrogens with zero attached hydrogens (tertiary/aromatic N) is 1. The van der Waals surface area contributed by atoms with Gasteiger partial charge in [-0.25, -0.2) is 0 Å². The normalized spacial score (nSPS) is 36.7. The summed E-state index contributed by atoms with van der Waals surface area (Å²) in [5.41, 5.74) is 0. The van der Waals surface area contributed by atoms with E-state index >= 15 is 0 Å². The van der Waals surface area contributed by atoms with Gasteiger partial charge in [0.15, 0.2) is 0 Å². The Morgan fingerprint density at radius 3 is 2.59 bits per heavy atom. The summed E-state index contributed by atoms with van der Waals surface area (Å²) in [7, 11) is 0. The van der Waals surface area contributed by atoms with Crippen LogP contribution in [0.25, 0.3) is 0 Å². The molecule has 0 spiro atoms. The summed E-state index contributed by atoms with van der Waals surface area (Å²) in [5, 5.41) is 3.53. The van der Waals surface area contributed by atoms with Crippen molar-refractivity contribution in [2.45, 2.75) is 46.0 Å². The maximum absolute atomic E-state index is 3.53. The Kier molecular flexibility index (Phi) is 5.30. The first-order chi connectivity index (χ1) is 8.24. The summed E-state index contributed by atoms with van der Waals surface area (Å²) >= 11 is 0. The van der Waals surface area contributed by atoms with E-state index in [9.17, 15) is 0 Å². The van der Waals surface area contributed by atoms with E-state index in [1.165, 1.54) is 64.8 Å². The Balaban J connectivity index is 1.66. The SMILES string of the molecule is CC1CCC(CCN2CCNCC(C)C2)CC1. The zero-order chi connectivity index (χ0) is 12.1. The molecule has 0 aromatic carbocycles. The van der Waals surface area contributed by atoms with Gasteiger partial charge in [-0.05, 0) is 37.3 Å². The molecule has 1 heterocycles. The summed E-state index contributed by atoms with van der Waals surface area (Å²) < 4.78 is 0. The highest BCUT2D eigenvalue weighted by Gasteiger charge is 2.20. The van der Waals surface area contributed by atoms with Crippen molar-refractivity contribution in [3.8, 4) is 0 Å². The van der Waals surface area contributed by atoms with Crippen LogP contribution in [0, 0.1) is 17.8 Å². The summed E-state index contributed by atoms with van der Waals surface area (Å²) in [6.45, 7) is 11.1. The van der Waals surface area contributed by atoms with Crippen molar-refractivity contribution in [1.82, 2.24) is 10.2 Å². The fourth-order valence-electron chi connectivity index (χ4n) is 3.37. The molecule has 1 saturated heterocycles. The molecule has 0 amide bonds. The lowest BCUT2D eigenvalue weighted by Crippen LogP contribution is -2.31. The Morgan fingerprint density at radius 2 is 1.82 bits per heavy atom. The molecule has 0 bridgehead atoms. The van der Waals surface area contributed by atoms with Gasteiger partial charge in [-0.2, -0.15) is 0 Å². The second-order valence-electron chi connectivity index (χ2n) is 6.52. The highest BCUT2D eigenvalue weighted by molar-refractivity contribution is 4.74. The van der Waals surface area contributed by atoms with Crippen LogP contribution in [-0.4, -0.2) is 37.6 Å². The fourth-order valence-corrected chi connectivity index (χ4v) is 3.37. The number of nitrogens with one attached hydrogen (secondary N) is 1. The lowest BCUT2D eigenvalue weighted by Gasteiger charge is -2.29. The van der Waals surface area contributed by atoms with Crippen LogP contribution in [0.15, 0.2) is 0 Å². The molecular formula is C15H30N2. The van der Waals surface area contributed by atoms with Crippen LogP contribution in [0.1, 0.15) is 46.0 Å². The molecule has 2 rings (SSSR count). The lowest BCUT2D eigenvalue weighted by molar-refractivity contribution is 0.212. The zero-order valence-corrected chi connectivity index (χ0v) is 11.8. The van der Waals surface area contributed by atoms with Crippen molar-refractivity contribution in [3.63, 3.8) is 0 Å². The first-order valence-corrected chi connectivity index (χ1v) is 7.67. The highest BCUT2D eigenvalue weighted by atomic mass is 15.2. The van der Waals surface area contributed by atoms with E-state index in [0.29, 0.717) is 0 Å². The molecular weight excluding hydrogens is 208 g/mol. The van der Waals surface area contributed by atoms with Crippen LogP contribution in [-0.2, 0) is 0 Å². The second-order valence-corrected chi connectivity index (χ2v) is 6.52. The van der Waals surface area contributed by atoms with Crippen molar-refractivity contribution in [3.05, 3.63) is 0 Å². The van der Waals surface area contributed by atoms with Crippen molar-refractivity contribution >= 4 is 0 Å². The van der Waals surface area contributed by atoms with E-state index in [0.717, 1.165) is 17.8 Å². The average Bonchev–Trinajstić information content (AvgIpc) is 2.53. The van der Waals surface area contributed by atoms with E-state index in [2.05, 4.69) is 24.1 Å². The first-order valence-electron chi connectivity index (χ1n) is 7.67. The molecule has 1 aliphatic carbocycles. The fraction of sp³-hybridized carbons (Fsp3) is 1.00. The molecule has 2 fully saturated rings. The molecule has 17 heavy (non-hydrogen) atoms. The molecule has 2 heteroatoms. The van der Waals surface area contributed by atoms with Crippen LogP contribution >= 0.6 is 0 Å². The predicted molar refractivity (Wildman–Crippen MR) is 74.2 cm³/mol. The average molecular weight is 238 g/mol. The monoisotopic (exact) mass is 238 g/mol. The Bertz CT molecular complexity index is 209. The van der Waals surface area contributed by atoms with Crippen LogP contribution in [0.2, 0.25) is 0 Å². The van der Waals surface area contributed by atoms with Crippen LogP contribution in [0.3, 0.4) is 0 Å². The molecule has 2 aliphatic rings. The van der Waals surface area contributed by atoms with Crippen molar-refractivity contribution in [2.24, 2.45) is 17.8 Å². The topological polar surface area (TPSA) is 15.3 Å². The minimum atomic E-state index is 0.823. The molecule has 0 radical (unpaired) electrons. The molecule has 100 valence electrons. The maximum atomic E-state index is 3.53. The van der Waals surface area contributed by atoms with Crippen LogP contribution < -0.4 is 5.32 Å². The predicted octanol–water partition coefficient (Wildman–Crippen LogP) is 2.74. The van der Waals surface area contributed by atoms with Gasteiger partial charge in [0.25, 0.3) is 0 Å². The molecule has 1 N–H and O–H groups in total. The van der Waals surface area contributed by atoms with Crippen molar-refractivity contribution in [2.75, 3.05) is 32.7 Å². The van der Waals surface area contributed by atoms with Crippen molar-refractivity contribution < 1.29 is 0 Å². The van der Waals surface area contributed by atoms with E-state index in [1.807, 2.05) is 0 Å². The van der Waals surface area contributed by atoms with Gasteiger partial charge in [-0.3, -0.25) is 0 Å². The van der Waals surface area contributed by atoms with Gasteiger partial charge in [-0.1, -0.05) is 39.5 Å². The van der Waals surface area contributed by atoms with Crippen molar-refractivity contribution in [1.29, 1.82) is 0 Å². The van der Waals surface area contributed by atoms with Gasteiger partial charge in [0.1, 0.15) is 0 Å². The van der Waals surface area contributed by atoms with E-state index < -0.39 is 0 Å². The number of hydrogen-bond acceptors (Lipinski definition) is 2. The van der Waals surface area contributed by atoms with Crippen LogP contribution in [0.4, 0.5) is 0 Å². The van der Waals surface area contributed by atoms with Gasteiger partial charge in [0, 0.05) is 19.6 Å². The molecule has 2 nitrogen and oxygen atoms in total. The summed E-state index contributed by atoms with van der Waals surface area (Å²) in [6.07, 6.45) is 7.37. The standard InChI is InChI=1S/C15H30N2/c1-13-3-5-15(6-4-13)7-9-17-10-8-16-11-14(2)12-17/h13-16H,3-12H2,1-2H3. The maximum Gasteiger partial charge on any atom is 0.0107 e. The minimum Gasteiger partial charge on any atom is -0.315 e. The van der Waals surface area contributed by atoms with Crippen LogP contribution in [0.5, 0.6) is 0 Å². The molecule has 0 aromatic rings. The molecule has 1 aliphatic heterocycles. The second kappa shape index (κ2) is 6.75. The summed E-state index contributed by atoms with van der Waals surface area (Å²) in [4.78, 5) is 2.68. The molecule has 1 saturated carbocycles. The van der Waals surface area contributed by atoms with Gasteiger partial charge in [0.05, 0.1) is 0 Å². The van der Waals surface area contributed by atoms with E-state index in [4.69, 9.17) is 0 Å². The smallest absolute Gasteiger partial charge is 0.0107 e. The molecule has 1 atom stereocenters. The highest BCUT2D eigenvalue weighted by Crippen LogP contribution is 2.30. The van der Waals surface area contributed by atoms with Gasteiger partial charge in [0.2, 0.25) is 0 Å². The molecule has 1 unspecified atom stereocenters. The van der Waals surface area contributed by atoms with Gasteiger partial charge in [-0.15, -0.1) is 0 Å². The first kappa shape index (κ1) is 13.4. The third kappa shape index (κ3) is 4.59. The minimum absolute atomic E-state index is 0.823. The third-order valence-electron chi connectivity index (χ3n) is 4.66. The van der Waals surface area contributed by atoms with E-state index in [-0.39, 0.29) is 0 Å². The zero-order valence-electron chi connectivity index (χ0n) is 11.8. The summed E-state index contributed by atoms with van der Waals surface area (Å²) in [6, 6.07) is 0. The number of rotatable bonds is 3. The lowest BCUT2D eigenvalue weighted by atomic mass is 9.81. The summed E-state index contributed by atoms with van der Waals surface area (Å²) in [5.74, 6) is 2.84. The quantitative estimate of drug-likeness (QED) is 0.813. The van der Waals surface area contributed by atoms with Gasteiger partial charge < -0.3 is 10.2 Å². The number of hydrogen-bond donors (Lipinski definition) is 1. The largest absolute Gasteiger partial charge is 0.315 e. The van der Waals surface area contributed by atoms with Gasteiger partial charge >= 0.3 is 0 Å². The van der Waals surface area contributed by atoms with E-state index in [1.54, 1.807) is 0 Å². The Morgan fingerprint density at radius 1 is 1.06 bits per heavy atom.